The Balaban J connectivity index is 1.20. The zero-order valence-corrected chi connectivity index (χ0v) is 25.5. The summed E-state index contributed by atoms with van der Waals surface area (Å²) in [5.74, 6) is -1.10. The van der Waals surface area contributed by atoms with Gasteiger partial charge in [-0.2, -0.15) is 26.3 Å². The summed E-state index contributed by atoms with van der Waals surface area (Å²) in [6, 6.07) is 5.79. The van der Waals surface area contributed by atoms with Crippen LogP contribution in [0.15, 0.2) is 36.4 Å². The fourth-order valence-electron chi connectivity index (χ4n) is 6.56. The fraction of sp³-hybridized carbons (Fsp3) is 0.576. The summed E-state index contributed by atoms with van der Waals surface area (Å²) in [7, 11) is 0. The van der Waals surface area contributed by atoms with Gasteiger partial charge in [-0.1, -0.05) is 18.9 Å². The van der Waals surface area contributed by atoms with E-state index in [2.05, 4.69) is 20.4 Å². The van der Waals surface area contributed by atoms with Crippen LogP contribution in [0.5, 0.6) is 0 Å². The Morgan fingerprint density at radius 3 is 2.02 bits per heavy atom. The van der Waals surface area contributed by atoms with Crippen LogP contribution in [0.4, 0.5) is 30.7 Å². The van der Waals surface area contributed by atoms with Crippen molar-refractivity contribution in [3.8, 4) is 0 Å². The normalized spacial score (nSPS) is 19.3. The number of benzene rings is 2. The molecule has 0 atom stereocenters. The number of nitrogens with zero attached hydrogens (tertiary/aromatic N) is 2. The lowest BCUT2D eigenvalue weighted by atomic mass is 9.73. The molecule has 2 N–H and O–H groups in total. The Kier molecular flexibility index (Phi) is 10.3. The SMILES string of the molecule is O=C(NCCN1CCCC1)c1cc(CN2CCC(CC3CC3)(C(=O)NCc3cc(C(F)(F)F)cc(C(F)(F)F)c3)CC2)ccc1F. The van der Waals surface area contributed by atoms with E-state index < -0.39 is 47.2 Å². The van der Waals surface area contributed by atoms with Crippen molar-refractivity contribution < 1.29 is 40.3 Å². The highest BCUT2D eigenvalue weighted by molar-refractivity contribution is 5.94. The standard InChI is InChI=1S/C33H39F7N4O2/c34-28-6-5-23(17-27(28)29(45)41-9-14-43-10-1-2-11-43)21-44-12-7-31(8-13-44,19-22-3-4-22)30(46)42-20-24-15-25(32(35,36)37)18-26(16-24)33(38,39)40/h5-6,15-18,22H,1-4,7-14,19-21H2,(H,41,45)(H,42,46). The van der Waals surface area contributed by atoms with Crippen LogP contribution in [-0.2, 0) is 30.2 Å². The van der Waals surface area contributed by atoms with Crippen molar-refractivity contribution in [2.24, 2.45) is 11.3 Å². The van der Waals surface area contributed by atoms with E-state index in [-0.39, 0.29) is 23.1 Å². The van der Waals surface area contributed by atoms with Crippen LogP contribution in [0.2, 0.25) is 0 Å². The van der Waals surface area contributed by atoms with Gasteiger partial charge in [0.15, 0.2) is 0 Å². The second-order valence-electron chi connectivity index (χ2n) is 12.9. The first-order valence-corrected chi connectivity index (χ1v) is 15.8. The van der Waals surface area contributed by atoms with Gasteiger partial charge in [-0.3, -0.25) is 14.5 Å². The highest BCUT2D eigenvalue weighted by atomic mass is 19.4. The zero-order valence-electron chi connectivity index (χ0n) is 25.5. The first-order chi connectivity index (χ1) is 21.7. The van der Waals surface area contributed by atoms with E-state index in [4.69, 9.17) is 0 Å². The number of rotatable bonds is 11. The number of amides is 2. The molecule has 2 aliphatic heterocycles. The average molecular weight is 657 g/mol. The van der Waals surface area contributed by atoms with Gasteiger partial charge in [-0.05, 0) is 106 Å². The molecule has 6 nitrogen and oxygen atoms in total. The number of nitrogens with one attached hydrogen (secondary N) is 2. The summed E-state index contributed by atoms with van der Waals surface area (Å²) in [4.78, 5) is 30.6. The Bertz CT molecular complexity index is 1360. The van der Waals surface area contributed by atoms with Gasteiger partial charge >= 0.3 is 12.4 Å². The van der Waals surface area contributed by atoms with E-state index >= 15 is 0 Å². The largest absolute Gasteiger partial charge is 0.416 e. The van der Waals surface area contributed by atoms with E-state index in [0.717, 1.165) is 44.3 Å². The molecule has 0 aromatic heterocycles. The van der Waals surface area contributed by atoms with Gasteiger partial charge in [0.05, 0.1) is 22.1 Å². The van der Waals surface area contributed by atoms with Crippen LogP contribution in [0, 0.1) is 17.2 Å². The first kappa shape index (κ1) is 34.2. The second-order valence-corrected chi connectivity index (χ2v) is 12.9. The lowest BCUT2D eigenvalue weighted by molar-refractivity contribution is -0.143. The van der Waals surface area contributed by atoms with Crippen molar-refractivity contribution in [1.29, 1.82) is 0 Å². The van der Waals surface area contributed by atoms with E-state index in [1.54, 1.807) is 12.1 Å². The van der Waals surface area contributed by atoms with Gasteiger partial charge in [0, 0.05) is 26.2 Å². The minimum atomic E-state index is -4.97. The van der Waals surface area contributed by atoms with Crippen molar-refractivity contribution in [2.75, 3.05) is 39.3 Å². The molecule has 0 radical (unpaired) electrons. The molecule has 1 aliphatic carbocycles. The Labute approximate surface area is 263 Å². The zero-order chi connectivity index (χ0) is 33.1. The number of halogens is 7. The van der Waals surface area contributed by atoms with E-state index in [9.17, 15) is 40.3 Å². The van der Waals surface area contributed by atoms with Gasteiger partial charge in [0.1, 0.15) is 5.82 Å². The Morgan fingerprint density at radius 1 is 0.804 bits per heavy atom. The molecule has 3 fully saturated rings. The van der Waals surface area contributed by atoms with Crippen molar-refractivity contribution in [2.45, 2.75) is 70.4 Å². The smallest absolute Gasteiger partial charge is 0.352 e. The summed E-state index contributed by atoms with van der Waals surface area (Å²) < 4.78 is 94.4. The number of piperidine rings is 1. The quantitative estimate of drug-likeness (QED) is 0.276. The number of hydrogen-bond donors (Lipinski definition) is 2. The van der Waals surface area contributed by atoms with Crippen LogP contribution in [-0.4, -0.2) is 60.9 Å². The molecule has 5 rings (SSSR count). The number of alkyl halides is 6. The molecule has 0 spiro atoms. The molecule has 13 heteroatoms. The van der Waals surface area contributed by atoms with E-state index in [1.807, 2.05) is 0 Å². The van der Waals surface area contributed by atoms with Crippen molar-refractivity contribution in [1.82, 2.24) is 20.4 Å². The molecule has 2 saturated heterocycles. The maximum absolute atomic E-state index is 14.6. The summed E-state index contributed by atoms with van der Waals surface area (Å²) in [6.45, 7) is 4.13. The van der Waals surface area contributed by atoms with Gasteiger partial charge in [0.2, 0.25) is 5.91 Å². The van der Waals surface area contributed by atoms with Crippen LogP contribution in [0.1, 0.15) is 77.6 Å². The number of likely N-dealkylation sites (tertiary alicyclic amines) is 2. The van der Waals surface area contributed by atoms with Crippen LogP contribution < -0.4 is 10.6 Å². The van der Waals surface area contributed by atoms with Crippen molar-refractivity contribution in [3.05, 3.63) is 70.0 Å². The third-order valence-corrected chi connectivity index (χ3v) is 9.37. The summed E-state index contributed by atoms with van der Waals surface area (Å²) in [5, 5.41) is 5.44. The molecule has 2 aromatic carbocycles. The van der Waals surface area contributed by atoms with Gasteiger partial charge < -0.3 is 15.5 Å². The fourth-order valence-corrected chi connectivity index (χ4v) is 6.56. The van der Waals surface area contributed by atoms with Crippen LogP contribution in [0.3, 0.4) is 0 Å². The van der Waals surface area contributed by atoms with Gasteiger partial charge in [-0.25, -0.2) is 4.39 Å². The van der Waals surface area contributed by atoms with Gasteiger partial charge in [0.25, 0.3) is 5.91 Å². The van der Waals surface area contributed by atoms with Crippen molar-refractivity contribution >= 4 is 11.8 Å². The van der Waals surface area contributed by atoms with E-state index in [1.165, 1.54) is 6.07 Å². The highest BCUT2D eigenvalue weighted by Crippen LogP contribution is 2.46. The number of hydrogen-bond acceptors (Lipinski definition) is 4. The van der Waals surface area contributed by atoms with Gasteiger partial charge in [-0.15, -0.1) is 0 Å². The Hall–Kier alpha value is -3.19. The summed E-state index contributed by atoms with van der Waals surface area (Å²) in [5.41, 5.74) is -3.19. The number of carbonyl (C=O) groups is 2. The van der Waals surface area contributed by atoms with E-state index in [0.29, 0.717) is 70.0 Å². The molecule has 1 saturated carbocycles. The monoisotopic (exact) mass is 656 g/mol. The average Bonchev–Trinajstić information content (AvgIpc) is 3.66. The second kappa shape index (κ2) is 13.9. The lowest BCUT2D eigenvalue weighted by Gasteiger charge is -2.41. The molecule has 252 valence electrons. The minimum Gasteiger partial charge on any atom is -0.352 e. The first-order valence-electron chi connectivity index (χ1n) is 15.8. The molecule has 0 unspecified atom stereocenters. The molecule has 46 heavy (non-hydrogen) atoms. The summed E-state index contributed by atoms with van der Waals surface area (Å²) in [6.07, 6.45) is -4.21. The molecule has 0 bridgehead atoms. The molecular weight excluding hydrogens is 617 g/mol. The maximum atomic E-state index is 14.6. The lowest BCUT2D eigenvalue weighted by Crippen LogP contribution is -2.48. The van der Waals surface area contributed by atoms with Crippen LogP contribution in [0.25, 0.3) is 0 Å². The third-order valence-electron chi connectivity index (χ3n) is 9.37. The topological polar surface area (TPSA) is 64.7 Å². The molecular formula is C33H39F7N4O2. The third kappa shape index (κ3) is 8.78. The molecule has 2 aromatic rings. The number of carbonyl (C=O) groups excluding carboxylic acids is 2. The van der Waals surface area contributed by atoms with Crippen LogP contribution >= 0.6 is 0 Å². The summed E-state index contributed by atoms with van der Waals surface area (Å²) >= 11 is 0. The van der Waals surface area contributed by atoms with Crippen molar-refractivity contribution in [3.63, 3.8) is 0 Å². The predicted octanol–water partition coefficient (Wildman–Crippen LogP) is 6.39. The maximum Gasteiger partial charge on any atom is 0.416 e. The minimum absolute atomic E-state index is 0.0262. The molecule has 2 heterocycles. The predicted molar refractivity (Wildman–Crippen MR) is 157 cm³/mol. The Morgan fingerprint density at radius 2 is 1.43 bits per heavy atom. The molecule has 3 aliphatic rings. The highest BCUT2D eigenvalue weighted by Gasteiger charge is 2.45. The molecule has 2 amide bonds.